The molecule has 1 saturated heterocycles. The zero-order valence-electron chi connectivity index (χ0n) is 13.7. The number of hydrogen-bond acceptors (Lipinski definition) is 5. The van der Waals surface area contributed by atoms with Gasteiger partial charge < -0.3 is 0 Å². The maximum atomic E-state index is 13.2. The predicted molar refractivity (Wildman–Crippen MR) is 94.1 cm³/mol. The maximum Gasteiger partial charge on any atom is 0.243 e. The van der Waals surface area contributed by atoms with Gasteiger partial charge in [0.05, 0.1) is 11.0 Å². The summed E-state index contributed by atoms with van der Waals surface area (Å²) in [5.41, 5.74) is 0.399. The molecule has 2 aromatic rings. The Morgan fingerprint density at radius 2 is 1.96 bits per heavy atom. The Balaban J connectivity index is 1.74. The highest BCUT2D eigenvalue weighted by Crippen LogP contribution is 2.27. The molecule has 0 saturated carbocycles. The molecule has 1 fully saturated rings. The van der Waals surface area contributed by atoms with Crippen LogP contribution in [-0.4, -0.2) is 43.8 Å². The number of piperazine rings is 1. The quantitative estimate of drug-likeness (QED) is 0.819. The van der Waals surface area contributed by atoms with E-state index >= 15 is 0 Å². The number of benzene rings is 1. The predicted octanol–water partition coefficient (Wildman–Crippen LogP) is 2.77. The largest absolute Gasteiger partial charge is 0.281 e. The van der Waals surface area contributed by atoms with Crippen LogP contribution in [0.25, 0.3) is 0 Å². The van der Waals surface area contributed by atoms with E-state index in [9.17, 15) is 18.1 Å². The lowest BCUT2D eigenvalue weighted by molar-refractivity contribution is 0.164. The van der Waals surface area contributed by atoms with Crippen LogP contribution in [0.1, 0.15) is 16.5 Å². The van der Waals surface area contributed by atoms with E-state index < -0.39 is 15.8 Å². The highest BCUT2D eigenvalue weighted by Gasteiger charge is 2.32. The number of rotatable bonds is 4. The summed E-state index contributed by atoms with van der Waals surface area (Å²) in [4.78, 5) is 3.10. The Morgan fingerprint density at radius 3 is 2.52 bits per heavy atom. The third-order valence-corrected chi connectivity index (χ3v) is 7.31. The van der Waals surface area contributed by atoms with Gasteiger partial charge >= 0.3 is 0 Å². The first-order valence-corrected chi connectivity index (χ1v) is 10.2. The van der Waals surface area contributed by atoms with Gasteiger partial charge in [0.2, 0.25) is 10.0 Å². The first kappa shape index (κ1) is 18.0. The molecule has 1 unspecified atom stereocenters. The van der Waals surface area contributed by atoms with E-state index in [1.54, 1.807) is 6.92 Å². The van der Waals surface area contributed by atoms with Crippen molar-refractivity contribution in [3.05, 3.63) is 52.0 Å². The fourth-order valence-electron chi connectivity index (χ4n) is 3.02. The fraction of sp³-hybridized carbons (Fsp3) is 0.353. The molecule has 0 N–H and O–H groups in total. The lowest BCUT2D eigenvalue weighted by Crippen LogP contribution is -2.49. The fourth-order valence-corrected chi connectivity index (χ4v) is 5.45. The molecule has 0 spiro atoms. The Hall–Kier alpha value is -1.79. The van der Waals surface area contributed by atoms with E-state index in [1.807, 2.05) is 22.4 Å². The van der Waals surface area contributed by atoms with Crippen molar-refractivity contribution in [3.63, 3.8) is 0 Å². The highest BCUT2D eigenvalue weighted by atomic mass is 32.2. The summed E-state index contributed by atoms with van der Waals surface area (Å²) in [6, 6.07) is 9.49. The molecule has 1 atom stereocenters. The number of sulfonamides is 1. The van der Waals surface area contributed by atoms with Crippen LogP contribution < -0.4 is 0 Å². The Labute approximate surface area is 151 Å². The highest BCUT2D eigenvalue weighted by molar-refractivity contribution is 7.89. The van der Waals surface area contributed by atoms with Gasteiger partial charge in [-0.3, -0.25) is 4.90 Å². The monoisotopic (exact) mass is 379 g/mol. The SMILES string of the molecule is Cc1cc(F)ccc1S(=O)(=O)N1CCN(C(C#N)c2cccs2)CC1. The summed E-state index contributed by atoms with van der Waals surface area (Å²) in [5, 5.41) is 11.4. The van der Waals surface area contributed by atoms with Crippen LogP contribution in [0.15, 0.2) is 40.6 Å². The molecule has 1 aliphatic rings. The van der Waals surface area contributed by atoms with Crippen LogP contribution in [0.3, 0.4) is 0 Å². The number of thiophene rings is 1. The smallest absolute Gasteiger partial charge is 0.243 e. The van der Waals surface area contributed by atoms with Crippen molar-refractivity contribution in [3.8, 4) is 6.07 Å². The van der Waals surface area contributed by atoms with Gasteiger partial charge in [0.15, 0.2) is 0 Å². The molecule has 5 nitrogen and oxygen atoms in total. The van der Waals surface area contributed by atoms with Gasteiger partial charge in [-0.1, -0.05) is 6.07 Å². The average Bonchev–Trinajstić information content (AvgIpc) is 3.10. The Bertz CT molecular complexity index is 883. The number of nitriles is 1. The van der Waals surface area contributed by atoms with E-state index in [0.717, 1.165) is 4.88 Å². The maximum absolute atomic E-state index is 13.2. The molecular weight excluding hydrogens is 361 g/mol. The van der Waals surface area contributed by atoms with Crippen molar-refractivity contribution in [1.29, 1.82) is 5.26 Å². The van der Waals surface area contributed by atoms with E-state index in [1.165, 1.54) is 33.8 Å². The van der Waals surface area contributed by atoms with Crippen LogP contribution in [-0.2, 0) is 10.0 Å². The molecule has 0 aliphatic carbocycles. The molecule has 3 rings (SSSR count). The van der Waals surface area contributed by atoms with Gasteiger partial charge in [0.25, 0.3) is 0 Å². The summed E-state index contributed by atoms with van der Waals surface area (Å²) >= 11 is 1.52. The minimum Gasteiger partial charge on any atom is -0.281 e. The number of nitrogens with zero attached hydrogens (tertiary/aromatic N) is 3. The van der Waals surface area contributed by atoms with E-state index in [0.29, 0.717) is 31.7 Å². The molecule has 1 aromatic carbocycles. The lowest BCUT2D eigenvalue weighted by Gasteiger charge is -2.36. The van der Waals surface area contributed by atoms with Crippen LogP contribution in [0.4, 0.5) is 4.39 Å². The van der Waals surface area contributed by atoms with Crippen LogP contribution >= 0.6 is 11.3 Å². The minimum absolute atomic E-state index is 0.137. The van der Waals surface area contributed by atoms with Crippen molar-refractivity contribution < 1.29 is 12.8 Å². The van der Waals surface area contributed by atoms with Gasteiger partial charge in [-0.2, -0.15) is 9.57 Å². The third-order valence-electron chi connectivity index (χ3n) is 4.33. The number of halogens is 1. The topological polar surface area (TPSA) is 64.4 Å². The molecule has 25 heavy (non-hydrogen) atoms. The van der Waals surface area contributed by atoms with E-state index in [2.05, 4.69) is 6.07 Å². The lowest BCUT2D eigenvalue weighted by atomic mass is 10.2. The zero-order valence-corrected chi connectivity index (χ0v) is 15.4. The summed E-state index contributed by atoms with van der Waals surface area (Å²) in [6.45, 7) is 3.17. The Morgan fingerprint density at radius 1 is 1.24 bits per heavy atom. The van der Waals surface area contributed by atoms with E-state index in [-0.39, 0.29) is 10.9 Å². The van der Waals surface area contributed by atoms with Gasteiger partial charge in [0, 0.05) is 31.1 Å². The number of aryl methyl sites for hydroxylation is 1. The van der Waals surface area contributed by atoms with Crippen LogP contribution in [0, 0.1) is 24.1 Å². The standard InChI is InChI=1S/C17H18FN3O2S2/c1-13-11-14(18)4-5-17(13)25(22,23)21-8-6-20(7-9-21)15(12-19)16-3-2-10-24-16/h2-5,10-11,15H,6-9H2,1H3. The molecule has 0 radical (unpaired) electrons. The van der Waals surface area contributed by atoms with Gasteiger partial charge in [0.1, 0.15) is 11.9 Å². The van der Waals surface area contributed by atoms with Gasteiger partial charge in [-0.05, 0) is 42.1 Å². The van der Waals surface area contributed by atoms with Crippen LogP contribution in [0.2, 0.25) is 0 Å². The van der Waals surface area contributed by atoms with Crippen molar-refractivity contribution in [2.24, 2.45) is 0 Å². The van der Waals surface area contributed by atoms with Gasteiger partial charge in [-0.15, -0.1) is 11.3 Å². The van der Waals surface area contributed by atoms with Crippen molar-refractivity contribution in [2.45, 2.75) is 17.9 Å². The second-order valence-electron chi connectivity index (χ2n) is 5.90. The third kappa shape index (κ3) is 3.60. The average molecular weight is 379 g/mol. The Kier molecular flexibility index (Phi) is 5.20. The molecule has 1 aromatic heterocycles. The summed E-state index contributed by atoms with van der Waals surface area (Å²) < 4.78 is 40.3. The van der Waals surface area contributed by atoms with Crippen molar-refractivity contribution in [2.75, 3.05) is 26.2 Å². The van der Waals surface area contributed by atoms with Gasteiger partial charge in [-0.25, -0.2) is 12.8 Å². The van der Waals surface area contributed by atoms with Crippen LogP contribution in [0.5, 0.6) is 0 Å². The first-order chi connectivity index (χ1) is 11.9. The summed E-state index contributed by atoms with van der Waals surface area (Å²) in [7, 11) is -3.66. The normalized spacial score (nSPS) is 18.0. The molecule has 1 aliphatic heterocycles. The molecular formula is C17H18FN3O2S2. The zero-order chi connectivity index (χ0) is 18.0. The van der Waals surface area contributed by atoms with Crippen molar-refractivity contribution in [1.82, 2.24) is 9.21 Å². The molecule has 0 amide bonds. The molecule has 0 bridgehead atoms. The molecule has 8 heteroatoms. The second kappa shape index (κ2) is 7.22. The van der Waals surface area contributed by atoms with E-state index in [4.69, 9.17) is 0 Å². The van der Waals surface area contributed by atoms with Crippen molar-refractivity contribution >= 4 is 21.4 Å². The number of hydrogen-bond donors (Lipinski definition) is 0. The minimum atomic E-state index is -3.66. The second-order valence-corrected chi connectivity index (χ2v) is 8.78. The molecule has 2 heterocycles. The molecule has 132 valence electrons. The summed E-state index contributed by atoms with van der Waals surface area (Å²) in [6.07, 6.45) is 0. The summed E-state index contributed by atoms with van der Waals surface area (Å²) in [5.74, 6) is -0.450. The first-order valence-electron chi connectivity index (χ1n) is 7.87.